The van der Waals surface area contributed by atoms with Crippen LogP contribution in [0.1, 0.15) is 0 Å². The Labute approximate surface area is 117 Å². The number of anilines is 2. The Morgan fingerprint density at radius 1 is 1.20 bits per heavy atom. The molecule has 4 rings (SSSR count). The Morgan fingerprint density at radius 2 is 2.15 bits per heavy atom. The van der Waals surface area contributed by atoms with Crippen molar-refractivity contribution >= 4 is 45.1 Å². The first-order chi connectivity index (χ1) is 9.81. The third-order valence-electron chi connectivity index (χ3n) is 3.04. The van der Waals surface area contributed by atoms with Gasteiger partial charge in [0.25, 0.3) is 0 Å². The molecule has 98 valence electrons. The van der Waals surface area contributed by atoms with Crippen LogP contribution in [0.15, 0.2) is 41.4 Å². The highest BCUT2D eigenvalue weighted by Gasteiger charge is 2.10. The summed E-state index contributed by atoms with van der Waals surface area (Å²) >= 11 is 6.02. The van der Waals surface area contributed by atoms with E-state index in [4.69, 9.17) is 16.0 Å². The second kappa shape index (κ2) is 4.21. The molecule has 0 bridgehead atoms. The number of aromatic amines is 1. The van der Waals surface area contributed by atoms with Gasteiger partial charge in [0.15, 0.2) is 5.65 Å². The lowest BCUT2D eigenvalue weighted by atomic mass is 10.2. The van der Waals surface area contributed by atoms with E-state index in [0.29, 0.717) is 16.5 Å². The average molecular weight is 286 g/mol. The summed E-state index contributed by atoms with van der Waals surface area (Å²) in [6, 6.07) is 5.46. The fraction of sp³-hybridized carbons (Fsp3) is 0. The van der Waals surface area contributed by atoms with Gasteiger partial charge in [-0.05, 0) is 18.2 Å². The third-order valence-corrected chi connectivity index (χ3v) is 3.27. The maximum atomic E-state index is 6.02. The molecule has 0 aliphatic carbocycles. The topological polar surface area (TPSA) is 79.6 Å². The number of aromatic nitrogens is 4. The van der Waals surface area contributed by atoms with Gasteiger partial charge in [-0.2, -0.15) is 5.10 Å². The molecule has 3 heterocycles. The summed E-state index contributed by atoms with van der Waals surface area (Å²) < 4.78 is 5.48. The van der Waals surface area contributed by atoms with Crippen molar-refractivity contribution in [3.63, 3.8) is 0 Å². The highest BCUT2D eigenvalue weighted by Crippen LogP contribution is 2.31. The van der Waals surface area contributed by atoms with Crippen molar-refractivity contribution in [2.75, 3.05) is 5.32 Å². The van der Waals surface area contributed by atoms with E-state index in [1.165, 1.54) is 6.33 Å². The number of hydrogen-bond acceptors (Lipinski definition) is 5. The number of nitrogens with zero attached hydrogens (tertiary/aromatic N) is 3. The monoisotopic (exact) mass is 285 g/mol. The van der Waals surface area contributed by atoms with Gasteiger partial charge in [0.05, 0.1) is 17.3 Å². The van der Waals surface area contributed by atoms with Crippen LogP contribution in [0.2, 0.25) is 5.02 Å². The summed E-state index contributed by atoms with van der Waals surface area (Å²) in [6.45, 7) is 0. The van der Waals surface area contributed by atoms with Gasteiger partial charge in [0.2, 0.25) is 0 Å². The smallest absolute Gasteiger partial charge is 0.160 e. The number of benzene rings is 1. The van der Waals surface area contributed by atoms with E-state index < -0.39 is 0 Å². The molecule has 7 heteroatoms. The maximum Gasteiger partial charge on any atom is 0.160 e. The molecule has 0 radical (unpaired) electrons. The van der Waals surface area contributed by atoms with Crippen LogP contribution in [-0.4, -0.2) is 20.2 Å². The summed E-state index contributed by atoms with van der Waals surface area (Å²) in [5.41, 5.74) is 2.23. The maximum absolute atomic E-state index is 6.02. The van der Waals surface area contributed by atoms with E-state index in [0.717, 1.165) is 22.0 Å². The lowest BCUT2D eigenvalue weighted by Gasteiger charge is -2.03. The molecule has 0 saturated heterocycles. The van der Waals surface area contributed by atoms with Gasteiger partial charge in [-0.15, -0.1) is 0 Å². The summed E-state index contributed by atoms with van der Waals surface area (Å²) in [4.78, 5) is 8.32. The van der Waals surface area contributed by atoms with Gasteiger partial charge >= 0.3 is 0 Å². The van der Waals surface area contributed by atoms with Gasteiger partial charge in [-0.1, -0.05) is 11.6 Å². The molecule has 3 aromatic heterocycles. The van der Waals surface area contributed by atoms with Crippen molar-refractivity contribution in [3.05, 3.63) is 42.0 Å². The van der Waals surface area contributed by atoms with Gasteiger partial charge in [-0.25, -0.2) is 9.97 Å². The summed E-state index contributed by atoms with van der Waals surface area (Å²) in [7, 11) is 0. The van der Waals surface area contributed by atoms with Crippen LogP contribution in [0.3, 0.4) is 0 Å². The molecule has 20 heavy (non-hydrogen) atoms. The van der Waals surface area contributed by atoms with E-state index in [1.807, 2.05) is 12.1 Å². The second-order valence-corrected chi connectivity index (χ2v) is 4.71. The zero-order chi connectivity index (χ0) is 13.5. The summed E-state index contributed by atoms with van der Waals surface area (Å²) in [6.07, 6.45) is 4.78. The number of nitrogens with one attached hydrogen (secondary N) is 2. The van der Waals surface area contributed by atoms with E-state index in [-0.39, 0.29) is 0 Å². The Kier molecular flexibility index (Phi) is 2.37. The van der Waals surface area contributed by atoms with Gasteiger partial charge in [0, 0.05) is 10.4 Å². The van der Waals surface area contributed by atoms with Crippen LogP contribution in [-0.2, 0) is 0 Å². The van der Waals surface area contributed by atoms with E-state index >= 15 is 0 Å². The lowest BCUT2D eigenvalue weighted by Crippen LogP contribution is -1.94. The normalized spacial score (nSPS) is 11.2. The van der Waals surface area contributed by atoms with Gasteiger partial charge in [-0.3, -0.25) is 5.10 Å². The van der Waals surface area contributed by atoms with Crippen LogP contribution >= 0.6 is 11.6 Å². The number of furan rings is 1. The van der Waals surface area contributed by atoms with Crippen LogP contribution in [0.5, 0.6) is 0 Å². The van der Waals surface area contributed by atoms with Gasteiger partial charge in [0.1, 0.15) is 24.0 Å². The molecule has 2 N–H and O–H groups in total. The van der Waals surface area contributed by atoms with Crippen molar-refractivity contribution < 1.29 is 4.42 Å². The van der Waals surface area contributed by atoms with Crippen LogP contribution in [0.4, 0.5) is 11.5 Å². The molecular formula is C13H8ClN5O. The molecule has 0 aliphatic heterocycles. The standard InChI is InChI=1S/C13H8ClN5O/c14-7-1-2-11-8(3-7)10(5-20-11)18-12-9-4-17-19-13(9)16-6-15-12/h1-6H,(H2,15,16,17,18,19). The third kappa shape index (κ3) is 1.70. The van der Waals surface area contributed by atoms with Crippen LogP contribution in [0, 0.1) is 0 Å². The SMILES string of the molecule is Clc1ccc2occ(Nc3ncnc4[nH]ncc34)c2c1. The fourth-order valence-electron chi connectivity index (χ4n) is 2.09. The van der Waals surface area contributed by atoms with Crippen molar-refractivity contribution in [2.45, 2.75) is 0 Å². The van der Waals surface area contributed by atoms with E-state index in [9.17, 15) is 0 Å². The molecule has 0 aliphatic rings. The zero-order valence-corrected chi connectivity index (χ0v) is 10.8. The minimum atomic E-state index is 0.651. The predicted octanol–water partition coefficient (Wildman–Crippen LogP) is 3.50. The Morgan fingerprint density at radius 3 is 3.10 bits per heavy atom. The number of halogens is 1. The molecule has 0 fully saturated rings. The zero-order valence-electron chi connectivity index (χ0n) is 10.1. The van der Waals surface area contributed by atoms with Crippen LogP contribution in [0.25, 0.3) is 22.0 Å². The fourth-order valence-corrected chi connectivity index (χ4v) is 2.26. The average Bonchev–Trinajstić information content (AvgIpc) is 3.06. The van der Waals surface area contributed by atoms with Crippen LogP contribution < -0.4 is 5.32 Å². The molecule has 1 aromatic carbocycles. The molecule has 6 nitrogen and oxygen atoms in total. The second-order valence-electron chi connectivity index (χ2n) is 4.27. The van der Waals surface area contributed by atoms with E-state index in [2.05, 4.69) is 25.5 Å². The minimum absolute atomic E-state index is 0.651. The predicted molar refractivity (Wildman–Crippen MR) is 76.2 cm³/mol. The molecule has 4 aromatic rings. The van der Waals surface area contributed by atoms with Crippen molar-refractivity contribution in [2.24, 2.45) is 0 Å². The molecule has 0 saturated carbocycles. The minimum Gasteiger partial charge on any atom is -0.462 e. The lowest BCUT2D eigenvalue weighted by molar-refractivity contribution is 0.617. The molecular weight excluding hydrogens is 278 g/mol. The number of hydrogen-bond donors (Lipinski definition) is 2. The molecule has 0 spiro atoms. The molecule has 0 atom stereocenters. The summed E-state index contributed by atoms with van der Waals surface area (Å²) in [5, 5.41) is 12.3. The first-order valence-electron chi connectivity index (χ1n) is 5.89. The Balaban J connectivity index is 1.84. The molecule has 0 amide bonds. The van der Waals surface area contributed by atoms with Gasteiger partial charge < -0.3 is 9.73 Å². The Bertz CT molecular complexity index is 913. The van der Waals surface area contributed by atoms with E-state index in [1.54, 1.807) is 18.5 Å². The van der Waals surface area contributed by atoms with Crippen molar-refractivity contribution in [3.8, 4) is 0 Å². The largest absolute Gasteiger partial charge is 0.462 e. The number of fused-ring (bicyclic) bond motifs is 2. The summed E-state index contributed by atoms with van der Waals surface area (Å²) in [5.74, 6) is 0.659. The first kappa shape index (κ1) is 11.2. The van der Waals surface area contributed by atoms with Crippen molar-refractivity contribution in [1.29, 1.82) is 0 Å². The Hall–Kier alpha value is -2.60. The highest BCUT2D eigenvalue weighted by molar-refractivity contribution is 6.31. The highest BCUT2D eigenvalue weighted by atomic mass is 35.5. The quantitative estimate of drug-likeness (QED) is 0.589. The first-order valence-corrected chi connectivity index (χ1v) is 6.27. The number of H-pyrrole nitrogens is 1. The number of rotatable bonds is 2. The van der Waals surface area contributed by atoms with Crippen molar-refractivity contribution in [1.82, 2.24) is 20.2 Å². The molecule has 0 unspecified atom stereocenters.